The van der Waals surface area contributed by atoms with Gasteiger partial charge in [-0.1, -0.05) is 152 Å². The number of hydrogen-bond donors (Lipinski definition) is 0. The van der Waals surface area contributed by atoms with Crippen molar-refractivity contribution in [1.29, 1.82) is 5.26 Å². The monoisotopic (exact) mass is 770 g/mol. The fraction of sp³-hybridized carbons (Fsp3) is 0. The summed E-state index contributed by atoms with van der Waals surface area (Å²) in [6.45, 7) is 0. The van der Waals surface area contributed by atoms with Crippen molar-refractivity contribution in [2.45, 2.75) is 0 Å². The quantitative estimate of drug-likeness (QED) is 0.165. The average Bonchev–Trinajstić information content (AvgIpc) is 3.67. The van der Waals surface area contributed by atoms with Gasteiger partial charge in [-0.2, -0.15) is 5.26 Å². The molecule has 0 saturated carbocycles. The second-order valence-corrected chi connectivity index (χ2v) is 16.3. The second-order valence-electron chi connectivity index (χ2n) is 16.3. The molecule has 13 rings (SSSR count). The Hall–Kier alpha value is -8.25. The van der Waals surface area contributed by atoms with Crippen LogP contribution in [0.15, 0.2) is 206 Å². The SMILES string of the molecule is N#Cc1ccc(-c2ccc3cc(-c4ccc5c(c4)c4ccccc4c4cc6c7c8c9ccccc9ccc8c8ccccc8c7n(-c7ccccc7)c6cc54)ccc3c2)cc1. The van der Waals surface area contributed by atoms with Gasteiger partial charge in [0, 0.05) is 27.2 Å². The summed E-state index contributed by atoms with van der Waals surface area (Å²) in [6.07, 6.45) is 0. The van der Waals surface area contributed by atoms with Gasteiger partial charge in [0.15, 0.2) is 0 Å². The van der Waals surface area contributed by atoms with Crippen molar-refractivity contribution in [2.24, 2.45) is 0 Å². The van der Waals surface area contributed by atoms with Crippen molar-refractivity contribution in [3.05, 3.63) is 212 Å². The molecule has 61 heavy (non-hydrogen) atoms. The predicted molar refractivity (Wildman–Crippen MR) is 259 cm³/mol. The predicted octanol–water partition coefficient (Wildman–Crippen LogP) is 16.1. The largest absolute Gasteiger partial charge is 0.309 e. The first kappa shape index (κ1) is 33.7. The molecule has 1 aromatic heterocycles. The van der Waals surface area contributed by atoms with Crippen LogP contribution < -0.4 is 0 Å². The average molecular weight is 771 g/mol. The number of aromatic nitrogens is 1. The van der Waals surface area contributed by atoms with Gasteiger partial charge < -0.3 is 4.57 Å². The maximum Gasteiger partial charge on any atom is 0.0991 e. The first-order valence-corrected chi connectivity index (χ1v) is 20.9. The maximum absolute atomic E-state index is 9.26. The third-order valence-corrected chi connectivity index (χ3v) is 13.1. The summed E-state index contributed by atoms with van der Waals surface area (Å²) < 4.78 is 2.52. The molecule has 0 radical (unpaired) electrons. The summed E-state index contributed by atoms with van der Waals surface area (Å²) in [5.74, 6) is 0. The van der Waals surface area contributed by atoms with Crippen molar-refractivity contribution in [3.8, 4) is 34.0 Å². The summed E-state index contributed by atoms with van der Waals surface area (Å²) in [4.78, 5) is 0. The van der Waals surface area contributed by atoms with Gasteiger partial charge >= 0.3 is 0 Å². The Morgan fingerprint density at radius 2 is 0.820 bits per heavy atom. The van der Waals surface area contributed by atoms with Crippen LogP contribution in [0.3, 0.4) is 0 Å². The van der Waals surface area contributed by atoms with Crippen LogP contribution in [0, 0.1) is 11.3 Å². The van der Waals surface area contributed by atoms with E-state index in [1.54, 1.807) is 0 Å². The lowest BCUT2D eigenvalue weighted by Gasteiger charge is -2.14. The topological polar surface area (TPSA) is 28.7 Å². The molecule has 0 aliphatic rings. The molecule has 0 fully saturated rings. The molecule has 0 aliphatic heterocycles. The number of hydrogen-bond acceptors (Lipinski definition) is 1. The Kier molecular flexibility index (Phi) is 7.11. The Morgan fingerprint density at radius 3 is 1.54 bits per heavy atom. The standard InChI is InChI=1S/C59H34N2/c60-35-36-18-20-37(21-19-36)39-22-23-41-31-42(25-24-40(41)30-39)43-27-28-49-52(32-43)46-14-6-7-15-47(46)53-33-55-56(34-54(49)53)61(44-11-2-1-3-12-44)59-51-17-9-8-16-48(51)50-29-26-38-10-4-5-13-45(38)57(50)58(55)59/h1-34H. The molecule has 0 saturated heterocycles. The van der Waals surface area contributed by atoms with E-state index >= 15 is 0 Å². The minimum Gasteiger partial charge on any atom is -0.309 e. The van der Waals surface area contributed by atoms with Crippen LogP contribution in [0.5, 0.6) is 0 Å². The summed E-state index contributed by atoms with van der Waals surface area (Å²) >= 11 is 0. The maximum atomic E-state index is 9.26. The number of rotatable bonds is 3. The van der Waals surface area contributed by atoms with E-state index in [2.05, 4.69) is 193 Å². The van der Waals surface area contributed by atoms with E-state index in [1.165, 1.54) is 108 Å². The molecular weight excluding hydrogens is 737 g/mol. The van der Waals surface area contributed by atoms with Gasteiger partial charge in [0.25, 0.3) is 0 Å². The second kappa shape index (κ2) is 12.9. The Labute approximate surface area is 351 Å². The normalized spacial score (nSPS) is 11.9. The third kappa shape index (κ3) is 4.96. The zero-order chi connectivity index (χ0) is 40.2. The highest BCUT2D eigenvalue weighted by Crippen LogP contribution is 2.47. The van der Waals surface area contributed by atoms with Crippen molar-refractivity contribution < 1.29 is 0 Å². The van der Waals surface area contributed by atoms with Gasteiger partial charge in [-0.05, 0) is 141 Å². The zero-order valence-corrected chi connectivity index (χ0v) is 33.0. The van der Waals surface area contributed by atoms with Crippen LogP contribution in [0.4, 0.5) is 0 Å². The summed E-state index contributed by atoms with van der Waals surface area (Å²) in [7, 11) is 0. The molecule has 0 N–H and O–H groups in total. The summed E-state index contributed by atoms with van der Waals surface area (Å²) in [5, 5.41) is 29.4. The molecular formula is C59H34N2. The molecule has 0 atom stereocenters. The Morgan fingerprint density at radius 1 is 0.311 bits per heavy atom. The number of nitrogens with zero attached hydrogens (tertiary/aromatic N) is 2. The number of benzene rings is 12. The fourth-order valence-electron chi connectivity index (χ4n) is 10.3. The molecule has 0 spiro atoms. The van der Waals surface area contributed by atoms with Crippen LogP contribution in [0.2, 0.25) is 0 Å². The van der Waals surface area contributed by atoms with Gasteiger partial charge in [-0.15, -0.1) is 0 Å². The molecule has 2 nitrogen and oxygen atoms in total. The molecule has 280 valence electrons. The van der Waals surface area contributed by atoms with Gasteiger partial charge in [0.2, 0.25) is 0 Å². The van der Waals surface area contributed by atoms with E-state index in [-0.39, 0.29) is 0 Å². The number of para-hydroxylation sites is 1. The van der Waals surface area contributed by atoms with E-state index in [0.29, 0.717) is 5.56 Å². The van der Waals surface area contributed by atoms with Crippen LogP contribution in [0.1, 0.15) is 5.56 Å². The minimum atomic E-state index is 0.672. The number of nitriles is 1. The third-order valence-electron chi connectivity index (χ3n) is 13.1. The molecule has 0 bridgehead atoms. The fourth-order valence-corrected chi connectivity index (χ4v) is 10.3. The Bertz CT molecular complexity index is 4040. The smallest absolute Gasteiger partial charge is 0.0991 e. The molecule has 0 unspecified atom stereocenters. The first-order valence-electron chi connectivity index (χ1n) is 20.9. The van der Waals surface area contributed by atoms with Crippen molar-refractivity contribution >= 4 is 97.2 Å². The van der Waals surface area contributed by atoms with E-state index < -0.39 is 0 Å². The van der Waals surface area contributed by atoms with Crippen molar-refractivity contribution in [3.63, 3.8) is 0 Å². The zero-order valence-electron chi connectivity index (χ0n) is 33.0. The van der Waals surface area contributed by atoms with Gasteiger partial charge in [-0.3, -0.25) is 0 Å². The van der Waals surface area contributed by atoms with E-state index in [9.17, 15) is 5.26 Å². The van der Waals surface area contributed by atoms with Gasteiger partial charge in [0.05, 0.1) is 22.7 Å². The summed E-state index contributed by atoms with van der Waals surface area (Å²) in [5.41, 5.74) is 8.90. The number of fused-ring (bicyclic) bond motifs is 17. The molecule has 0 amide bonds. The molecule has 0 aliphatic carbocycles. The van der Waals surface area contributed by atoms with Crippen molar-refractivity contribution in [1.82, 2.24) is 4.57 Å². The lowest BCUT2D eigenvalue weighted by molar-refractivity contribution is 1.19. The molecule has 13 aromatic rings. The molecule has 12 aromatic carbocycles. The van der Waals surface area contributed by atoms with Gasteiger partial charge in [0.1, 0.15) is 0 Å². The Balaban J connectivity index is 1.09. The molecule has 2 heteroatoms. The minimum absolute atomic E-state index is 0.672. The highest BCUT2D eigenvalue weighted by atomic mass is 15.0. The van der Waals surface area contributed by atoms with E-state index in [0.717, 1.165) is 16.8 Å². The highest BCUT2D eigenvalue weighted by molar-refractivity contribution is 6.38. The van der Waals surface area contributed by atoms with Crippen LogP contribution >= 0.6 is 0 Å². The van der Waals surface area contributed by atoms with Gasteiger partial charge in [-0.25, -0.2) is 0 Å². The van der Waals surface area contributed by atoms with E-state index in [4.69, 9.17) is 0 Å². The van der Waals surface area contributed by atoms with Crippen LogP contribution in [0.25, 0.3) is 125 Å². The van der Waals surface area contributed by atoms with Crippen molar-refractivity contribution in [2.75, 3.05) is 0 Å². The summed E-state index contributed by atoms with van der Waals surface area (Å²) in [6, 6.07) is 77.7. The van der Waals surface area contributed by atoms with Crippen LogP contribution in [-0.4, -0.2) is 4.57 Å². The molecule has 1 heterocycles. The van der Waals surface area contributed by atoms with Crippen LogP contribution in [-0.2, 0) is 0 Å². The van der Waals surface area contributed by atoms with E-state index in [1.807, 2.05) is 24.3 Å². The highest BCUT2D eigenvalue weighted by Gasteiger charge is 2.22. The lowest BCUT2D eigenvalue weighted by Crippen LogP contribution is -1.95. The first-order chi connectivity index (χ1) is 30.2. The lowest BCUT2D eigenvalue weighted by atomic mass is 9.89.